The molecule has 96 valence electrons. The Morgan fingerprint density at radius 2 is 2.00 bits per heavy atom. The van der Waals surface area contributed by atoms with E-state index in [1.165, 1.54) is 51.4 Å². The van der Waals surface area contributed by atoms with Gasteiger partial charge in [-0.3, -0.25) is 0 Å². The lowest BCUT2D eigenvalue weighted by Gasteiger charge is -2.22. The summed E-state index contributed by atoms with van der Waals surface area (Å²) in [4.78, 5) is 0. The van der Waals surface area contributed by atoms with E-state index in [1.54, 1.807) is 0 Å². The minimum absolute atomic E-state index is 0.557. The molecule has 0 amide bonds. The van der Waals surface area contributed by atoms with Crippen LogP contribution >= 0.6 is 0 Å². The Kier molecular flexibility index (Phi) is 7.87. The lowest BCUT2D eigenvalue weighted by atomic mass is 9.98. The highest BCUT2D eigenvalue weighted by atomic mass is 16.5. The van der Waals surface area contributed by atoms with Gasteiger partial charge in [-0.1, -0.05) is 39.0 Å². The number of hydrogen-bond acceptors (Lipinski definition) is 2. The van der Waals surface area contributed by atoms with Gasteiger partial charge < -0.3 is 10.1 Å². The molecule has 1 unspecified atom stereocenters. The van der Waals surface area contributed by atoms with Gasteiger partial charge in [0.05, 0.1) is 12.7 Å². The van der Waals surface area contributed by atoms with Crippen LogP contribution in [0.1, 0.15) is 65.2 Å². The molecule has 1 N–H and O–H groups in total. The summed E-state index contributed by atoms with van der Waals surface area (Å²) in [7, 11) is 0. The Morgan fingerprint density at radius 3 is 2.69 bits per heavy atom. The topological polar surface area (TPSA) is 21.3 Å². The van der Waals surface area contributed by atoms with E-state index >= 15 is 0 Å². The molecule has 1 aliphatic carbocycles. The molecule has 0 aromatic heterocycles. The first-order valence-corrected chi connectivity index (χ1v) is 7.18. The summed E-state index contributed by atoms with van der Waals surface area (Å²) in [6.07, 6.45) is 11.2. The molecule has 1 saturated carbocycles. The number of hydrogen-bond donors (Lipinski definition) is 1. The van der Waals surface area contributed by atoms with E-state index in [0.717, 1.165) is 13.2 Å². The molecule has 1 atom stereocenters. The zero-order valence-corrected chi connectivity index (χ0v) is 11.1. The maximum Gasteiger partial charge on any atom is 0.0594 e. The van der Waals surface area contributed by atoms with Crippen LogP contribution in [-0.2, 0) is 4.74 Å². The smallest absolute Gasteiger partial charge is 0.0594 e. The third kappa shape index (κ3) is 6.49. The molecule has 1 fully saturated rings. The zero-order chi connectivity index (χ0) is 11.6. The van der Waals surface area contributed by atoms with E-state index < -0.39 is 0 Å². The van der Waals surface area contributed by atoms with Crippen LogP contribution in [0.2, 0.25) is 0 Å². The summed E-state index contributed by atoms with van der Waals surface area (Å²) in [6.45, 7) is 6.43. The van der Waals surface area contributed by atoms with Gasteiger partial charge in [0.2, 0.25) is 0 Å². The average molecular weight is 227 g/mol. The highest BCUT2D eigenvalue weighted by Crippen LogP contribution is 2.19. The monoisotopic (exact) mass is 227 g/mol. The van der Waals surface area contributed by atoms with Gasteiger partial charge >= 0.3 is 0 Å². The first kappa shape index (κ1) is 14.0. The van der Waals surface area contributed by atoms with Crippen LogP contribution in [0.15, 0.2) is 0 Å². The second-order valence-electron chi connectivity index (χ2n) is 5.13. The highest BCUT2D eigenvalue weighted by Gasteiger charge is 2.13. The van der Waals surface area contributed by atoms with Crippen molar-refractivity contribution in [2.45, 2.75) is 77.4 Å². The number of ether oxygens (including phenoxy) is 1. The van der Waals surface area contributed by atoms with Crippen molar-refractivity contribution >= 4 is 0 Å². The summed E-state index contributed by atoms with van der Waals surface area (Å²) in [6, 6.07) is 0.648. The van der Waals surface area contributed by atoms with Crippen molar-refractivity contribution in [1.82, 2.24) is 5.32 Å². The summed E-state index contributed by atoms with van der Waals surface area (Å²) >= 11 is 0. The summed E-state index contributed by atoms with van der Waals surface area (Å²) in [5.41, 5.74) is 0. The van der Waals surface area contributed by atoms with Crippen LogP contribution in [0, 0.1) is 0 Å². The molecular formula is C14H29NO. The molecule has 0 heterocycles. The van der Waals surface area contributed by atoms with Gasteiger partial charge in [-0.15, -0.1) is 0 Å². The van der Waals surface area contributed by atoms with Crippen molar-refractivity contribution in [3.05, 3.63) is 0 Å². The normalized spacial score (nSPS) is 19.9. The molecular weight excluding hydrogens is 198 g/mol. The average Bonchev–Trinajstić information content (AvgIpc) is 2.33. The molecule has 0 spiro atoms. The Morgan fingerprint density at radius 1 is 1.25 bits per heavy atom. The standard InChI is InChI=1S/C14H29NO/c1-3-4-8-13(2)15-11-12-16-14-9-6-5-7-10-14/h13-15H,3-12H2,1-2H3. The predicted molar refractivity (Wildman–Crippen MR) is 69.8 cm³/mol. The van der Waals surface area contributed by atoms with Gasteiger partial charge in [-0.05, 0) is 26.2 Å². The molecule has 2 heteroatoms. The van der Waals surface area contributed by atoms with Crippen molar-refractivity contribution in [3.63, 3.8) is 0 Å². The number of rotatable bonds is 8. The third-order valence-corrected chi connectivity index (χ3v) is 3.49. The van der Waals surface area contributed by atoms with Gasteiger partial charge in [0, 0.05) is 12.6 Å². The summed E-state index contributed by atoms with van der Waals surface area (Å²) in [5.74, 6) is 0. The van der Waals surface area contributed by atoms with Crippen LogP contribution in [-0.4, -0.2) is 25.3 Å². The van der Waals surface area contributed by atoms with E-state index in [-0.39, 0.29) is 0 Å². The van der Waals surface area contributed by atoms with E-state index in [1.807, 2.05) is 0 Å². The first-order valence-electron chi connectivity index (χ1n) is 7.18. The molecule has 0 aliphatic heterocycles. The second kappa shape index (κ2) is 9.00. The fraction of sp³-hybridized carbons (Fsp3) is 1.00. The van der Waals surface area contributed by atoms with Gasteiger partial charge in [-0.25, -0.2) is 0 Å². The first-order chi connectivity index (χ1) is 7.83. The molecule has 0 bridgehead atoms. The lowest BCUT2D eigenvalue weighted by Crippen LogP contribution is -2.31. The molecule has 2 nitrogen and oxygen atoms in total. The third-order valence-electron chi connectivity index (χ3n) is 3.49. The molecule has 0 aromatic rings. The minimum atomic E-state index is 0.557. The molecule has 0 saturated heterocycles. The summed E-state index contributed by atoms with van der Waals surface area (Å²) < 4.78 is 5.88. The van der Waals surface area contributed by atoms with Gasteiger partial charge in [0.25, 0.3) is 0 Å². The van der Waals surface area contributed by atoms with Crippen molar-refractivity contribution in [2.75, 3.05) is 13.2 Å². The van der Waals surface area contributed by atoms with E-state index in [4.69, 9.17) is 4.74 Å². The quantitative estimate of drug-likeness (QED) is 0.641. The van der Waals surface area contributed by atoms with Crippen molar-refractivity contribution in [3.8, 4) is 0 Å². The van der Waals surface area contributed by atoms with Gasteiger partial charge in [0.15, 0.2) is 0 Å². The molecule has 1 rings (SSSR count). The maximum absolute atomic E-state index is 5.88. The second-order valence-corrected chi connectivity index (χ2v) is 5.13. The number of unbranched alkanes of at least 4 members (excludes halogenated alkanes) is 1. The summed E-state index contributed by atoms with van der Waals surface area (Å²) in [5, 5.41) is 3.53. The zero-order valence-electron chi connectivity index (χ0n) is 11.1. The highest BCUT2D eigenvalue weighted by molar-refractivity contribution is 4.66. The SMILES string of the molecule is CCCCC(C)NCCOC1CCCCC1. The maximum atomic E-state index is 5.88. The molecule has 0 aromatic carbocycles. The largest absolute Gasteiger partial charge is 0.377 e. The van der Waals surface area contributed by atoms with Crippen LogP contribution in [0.25, 0.3) is 0 Å². The molecule has 1 aliphatic rings. The Labute approximate surface area is 101 Å². The molecule has 16 heavy (non-hydrogen) atoms. The van der Waals surface area contributed by atoms with E-state index in [9.17, 15) is 0 Å². The minimum Gasteiger partial charge on any atom is -0.377 e. The molecule has 0 radical (unpaired) electrons. The fourth-order valence-corrected chi connectivity index (χ4v) is 2.38. The van der Waals surface area contributed by atoms with E-state index in [2.05, 4.69) is 19.2 Å². The van der Waals surface area contributed by atoms with Gasteiger partial charge in [-0.2, -0.15) is 0 Å². The van der Waals surface area contributed by atoms with Gasteiger partial charge in [0.1, 0.15) is 0 Å². The Balaban J connectivity index is 1.90. The van der Waals surface area contributed by atoms with Crippen molar-refractivity contribution < 1.29 is 4.74 Å². The Hall–Kier alpha value is -0.0800. The van der Waals surface area contributed by atoms with Crippen LogP contribution in [0.3, 0.4) is 0 Å². The predicted octanol–water partition coefficient (Wildman–Crippen LogP) is 3.50. The van der Waals surface area contributed by atoms with Crippen LogP contribution in [0.5, 0.6) is 0 Å². The Bertz CT molecular complexity index is 155. The lowest BCUT2D eigenvalue weighted by molar-refractivity contribution is 0.0294. The van der Waals surface area contributed by atoms with Crippen LogP contribution in [0.4, 0.5) is 0 Å². The van der Waals surface area contributed by atoms with Crippen LogP contribution < -0.4 is 5.32 Å². The number of nitrogens with one attached hydrogen (secondary N) is 1. The van der Waals surface area contributed by atoms with Crippen molar-refractivity contribution in [2.24, 2.45) is 0 Å². The fourth-order valence-electron chi connectivity index (χ4n) is 2.38. The van der Waals surface area contributed by atoms with Crippen molar-refractivity contribution in [1.29, 1.82) is 0 Å². The van der Waals surface area contributed by atoms with E-state index in [0.29, 0.717) is 12.1 Å².